The van der Waals surface area contributed by atoms with E-state index in [4.69, 9.17) is 11.6 Å². The molecule has 1 aromatic carbocycles. The van der Waals surface area contributed by atoms with Crippen LogP contribution in [0.5, 0.6) is 0 Å². The SMILES string of the molecule is O=C(NCCCN1CCCC1=O)c1cc(Cl)ccc1Br. The van der Waals surface area contributed by atoms with Gasteiger partial charge in [0.1, 0.15) is 0 Å². The number of carbonyl (C=O) groups excluding carboxylic acids is 2. The Hall–Kier alpha value is -1.07. The standard InChI is InChI=1S/C14H16BrClN2O2/c15-12-5-4-10(16)9-11(12)14(20)17-6-2-8-18-7-1-3-13(18)19/h4-5,9H,1-3,6-8H2,(H,17,20). The van der Waals surface area contributed by atoms with E-state index in [0.717, 1.165) is 19.4 Å². The molecular weight excluding hydrogens is 344 g/mol. The van der Waals surface area contributed by atoms with Gasteiger partial charge in [-0.05, 0) is 47.0 Å². The fraction of sp³-hybridized carbons (Fsp3) is 0.429. The smallest absolute Gasteiger partial charge is 0.252 e. The molecule has 0 aliphatic carbocycles. The van der Waals surface area contributed by atoms with E-state index in [-0.39, 0.29) is 11.8 Å². The van der Waals surface area contributed by atoms with Crippen molar-refractivity contribution in [2.45, 2.75) is 19.3 Å². The van der Waals surface area contributed by atoms with Crippen LogP contribution < -0.4 is 5.32 Å². The molecule has 20 heavy (non-hydrogen) atoms. The summed E-state index contributed by atoms with van der Waals surface area (Å²) < 4.78 is 0.717. The Kier molecular flexibility index (Phi) is 5.43. The van der Waals surface area contributed by atoms with Crippen molar-refractivity contribution in [3.63, 3.8) is 0 Å². The second-order valence-corrected chi connectivity index (χ2v) is 6.01. The third-order valence-electron chi connectivity index (χ3n) is 3.23. The van der Waals surface area contributed by atoms with Crippen molar-refractivity contribution in [3.8, 4) is 0 Å². The van der Waals surface area contributed by atoms with Crippen molar-refractivity contribution in [2.75, 3.05) is 19.6 Å². The summed E-state index contributed by atoms with van der Waals surface area (Å²) in [5.41, 5.74) is 0.523. The molecule has 0 radical (unpaired) electrons. The molecule has 0 aromatic heterocycles. The Morgan fingerprint density at radius 2 is 2.25 bits per heavy atom. The van der Waals surface area contributed by atoms with Crippen molar-refractivity contribution in [2.24, 2.45) is 0 Å². The zero-order valence-electron chi connectivity index (χ0n) is 11.0. The highest BCUT2D eigenvalue weighted by Crippen LogP contribution is 2.21. The zero-order chi connectivity index (χ0) is 14.5. The van der Waals surface area contributed by atoms with Crippen LogP contribution in [0, 0.1) is 0 Å². The van der Waals surface area contributed by atoms with Gasteiger partial charge in [-0.1, -0.05) is 11.6 Å². The summed E-state index contributed by atoms with van der Waals surface area (Å²) in [6.45, 7) is 2.09. The van der Waals surface area contributed by atoms with Crippen molar-refractivity contribution in [3.05, 3.63) is 33.3 Å². The normalized spacial score (nSPS) is 14.7. The van der Waals surface area contributed by atoms with Gasteiger partial charge in [-0.3, -0.25) is 9.59 Å². The third-order valence-corrected chi connectivity index (χ3v) is 4.16. The minimum absolute atomic E-state index is 0.160. The summed E-state index contributed by atoms with van der Waals surface area (Å²) in [6, 6.07) is 5.10. The van der Waals surface area contributed by atoms with E-state index < -0.39 is 0 Å². The van der Waals surface area contributed by atoms with Crippen molar-refractivity contribution >= 4 is 39.3 Å². The highest BCUT2D eigenvalue weighted by molar-refractivity contribution is 9.10. The first-order valence-corrected chi connectivity index (χ1v) is 7.76. The first-order valence-electron chi connectivity index (χ1n) is 6.59. The number of amides is 2. The molecule has 1 heterocycles. The van der Waals surface area contributed by atoms with Crippen molar-refractivity contribution < 1.29 is 9.59 Å². The number of carbonyl (C=O) groups is 2. The number of nitrogens with one attached hydrogen (secondary N) is 1. The van der Waals surface area contributed by atoms with Gasteiger partial charge in [-0.15, -0.1) is 0 Å². The number of rotatable bonds is 5. The molecule has 108 valence electrons. The van der Waals surface area contributed by atoms with E-state index in [1.54, 1.807) is 18.2 Å². The van der Waals surface area contributed by atoms with Gasteiger partial charge in [-0.2, -0.15) is 0 Å². The Morgan fingerprint density at radius 3 is 2.95 bits per heavy atom. The topological polar surface area (TPSA) is 49.4 Å². The fourth-order valence-corrected chi connectivity index (χ4v) is 2.78. The molecule has 6 heteroatoms. The van der Waals surface area contributed by atoms with E-state index in [9.17, 15) is 9.59 Å². The van der Waals surface area contributed by atoms with Crippen LogP contribution in [-0.2, 0) is 4.79 Å². The van der Waals surface area contributed by atoms with Crippen LogP contribution >= 0.6 is 27.5 Å². The molecule has 1 aliphatic rings. The number of likely N-dealkylation sites (tertiary alicyclic amines) is 1. The van der Waals surface area contributed by atoms with Crippen LogP contribution in [0.15, 0.2) is 22.7 Å². The summed E-state index contributed by atoms with van der Waals surface area (Å²) in [7, 11) is 0. The summed E-state index contributed by atoms with van der Waals surface area (Å²) >= 11 is 9.21. The van der Waals surface area contributed by atoms with Gasteiger partial charge in [0.2, 0.25) is 5.91 Å². The highest BCUT2D eigenvalue weighted by Gasteiger charge is 2.19. The minimum Gasteiger partial charge on any atom is -0.352 e. The molecule has 0 unspecified atom stereocenters. The first kappa shape index (κ1) is 15.3. The minimum atomic E-state index is -0.160. The molecule has 0 atom stereocenters. The summed E-state index contributed by atoms with van der Waals surface area (Å²) in [6.07, 6.45) is 2.36. The van der Waals surface area contributed by atoms with Crippen LogP contribution in [0.3, 0.4) is 0 Å². The first-order chi connectivity index (χ1) is 9.58. The predicted molar refractivity (Wildman–Crippen MR) is 81.9 cm³/mol. The monoisotopic (exact) mass is 358 g/mol. The van der Waals surface area contributed by atoms with E-state index in [2.05, 4.69) is 21.2 Å². The predicted octanol–water partition coefficient (Wildman–Crippen LogP) is 2.84. The summed E-state index contributed by atoms with van der Waals surface area (Å²) in [4.78, 5) is 25.3. The largest absolute Gasteiger partial charge is 0.352 e. The van der Waals surface area contributed by atoms with E-state index in [1.165, 1.54) is 0 Å². The highest BCUT2D eigenvalue weighted by atomic mass is 79.9. The molecule has 4 nitrogen and oxygen atoms in total. The average molecular weight is 360 g/mol. The number of hydrogen-bond donors (Lipinski definition) is 1. The maximum atomic E-state index is 12.0. The Bertz CT molecular complexity index is 522. The molecular formula is C14H16BrClN2O2. The lowest BCUT2D eigenvalue weighted by molar-refractivity contribution is -0.127. The van der Waals surface area contributed by atoms with Gasteiger partial charge >= 0.3 is 0 Å². The van der Waals surface area contributed by atoms with Crippen molar-refractivity contribution in [1.82, 2.24) is 10.2 Å². The zero-order valence-corrected chi connectivity index (χ0v) is 13.3. The lowest BCUT2D eigenvalue weighted by Crippen LogP contribution is -2.30. The Balaban J connectivity index is 1.77. The third kappa shape index (κ3) is 3.96. The maximum Gasteiger partial charge on any atom is 0.252 e. The number of nitrogens with zero attached hydrogens (tertiary/aromatic N) is 1. The van der Waals surface area contributed by atoms with Crippen LogP contribution in [0.2, 0.25) is 5.02 Å². The molecule has 1 N–H and O–H groups in total. The lowest BCUT2D eigenvalue weighted by atomic mass is 10.2. The van der Waals surface area contributed by atoms with Gasteiger partial charge in [0, 0.05) is 35.6 Å². The molecule has 1 aromatic rings. The van der Waals surface area contributed by atoms with Crippen LogP contribution in [-0.4, -0.2) is 36.3 Å². The molecule has 1 fully saturated rings. The number of benzene rings is 1. The molecule has 1 saturated heterocycles. The molecule has 0 saturated carbocycles. The summed E-state index contributed by atoms with van der Waals surface area (Å²) in [5, 5.41) is 3.37. The quantitative estimate of drug-likeness (QED) is 0.822. The maximum absolute atomic E-state index is 12.0. The van der Waals surface area contributed by atoms with Crippen LogP contribution in [0.25, 0.3) is 0 Å². The van der Waals surface area contributed by atoms with Gasteiger partial charge in [0.25, 0.3) is 5.91 Å². The van der Waals surface area contributed by atoms with Crippen LogP contribution in [0.4, 0.5) is 0 Å². The van der Waals surface area contributed by atoms with Gasteiger partial charge in [-0.25, -0.2) is 0 Å². The van der Waals surface area contributed by atoms with Crippen LogP contribution in [0.1, 0.15) is 29.6 Å². The number of halogens is 2. The number of hydrogen-bond acceptors (Lipinski definition) is 2. The Morgan fingerprint density at radius 1 is 1.45 bits per heavy atom. The average Bonchev–Trinajstić information content (AvgIpc) is 2.83. The molecule has 0 spiro atoms. The van der Waals surface area contributed by atoms with Crippen molar-refractivity contribution in [1.29, 1.82) is 0 Å². The molecule has 2 rings (SSSR count). The van der Waals surface area contributed by atoms with E-state index in [1.807, 2.05) is 4.90 Å². The lowest BCUT2D eigenvalue weighted by Gasteiger charge is -2.15. The molecule has 2 amide bonds. The molecule has 0 bridgehead atoms. The Labute approximate surface area is 131 Å². The van der Waals surface area contributed by atoms with Gasteiger partial charge in [0.05, 0.1) is 5.56 Å². The van der Waals surface area contributed by atoms with Gasteiger partial charge in [0.15, 0.2) is 0 Å². The van der Waals surface area contributed by atoms with E-state index >= 15 is 0 Å². The molecule has 1 aliphatic heterocycles. The second-order valence-electron chi connectivity index (χ2n) is 4.72. The van der Waals surface area contributed by atoms with E-state index in [0.29, 0.717) is 34.6 Å². The summed E-state index contributed by atoms with van der Waals surface area (Å²) in [5.74, 6) is 0.0565. The van der Waals surface area contributed by atoms with Gasteiger partial charge < -0.3 is 10.2 Å². The second kappa shape index (κ2) is 7.09. The fourth-order valence-electron chi connectivity index (χ4n) is 2.18.